The molecule has 1 aliphatic heterocycles. The molecule has 1 fully saturated rings. The molecule has 0 radical (unpaired) electrons. The Bertz CT molecular complexity index is 406. The van der Waals surface area contributed by atoms with Gasteiger partial charge < -0.3 is 19.5 Å². The molecular weight excluding hydrogens is 234 g/mol. The highest BCUT2D eigenvalue weighted by Gasteiger charge is 2.34. The highest BCUT2D eigenvalue weighted by atomic mass is 16.5. The van der Waals surface area contributed by atoms with Crippen LogP contribution in [0.4, 0.5) is 5.82 Å². The Balaban J connectivity index is 2.05. The highest BCUT2D eigenvalue weighted by Crippen LogP contribution is 2.25. The van der Waals surface area contributed by atoms with E-state index >= 15 is 0 Å². The molecule has 6 heteroatoms. The number of aromatic nitrogens is 2. The number of nitrogens with zero attached hydrogens (tertiary/aromatic N) is 2. The lowest BCUT2D eigenvalue weighted by Gasteiger charge is -2.26. The lowest BCUT2D eigenvalue weighted by Crippen LogP contribution is -2.39. The summed E-state index contributed by atoms with van der Waals surface area (Å²) < 4.78 is 16.1. The first-order valence-corrected chi connectivity index (χ1v) is 5.93. The topological polar surface area (TPSA) is 65.5 Å². The van der Waals surface area contributed by atoms with Gasteiger partial charge in [-0.2, -0.15) is 0 Å². The van der Waals surface area contributed by atoms with Gasteiger partial charge in [0.2, 0.25) is 5.88 Å². The van der Waals surface area contributed by atoms with Crippen molar-refractivity contribution >= 4 is 5.82 Å². The van der Waals surface area contributed by atoms with Crippen molar-refractivity contribution < 1.29 is 14.2 Å². The van der Waals surface area contributed by atoms with E-state index in [4.69, 9.17) is 14.2 Å². The van der Waals surface area contributed by atoms with Crippen LogP contribution in [-0.2, 0) is 9.47 Å². The number of rotatable bonds is 5. The highest BCUT2D eigenvalue weighted by molar-refractivity contribution is 5.47. The van der Waals surface area contributed by atoms with Crippen LogP contribution in [0.3, 0.4) is 0 Å². The molecule has 0 spiro atoms. The van der Waals surface area contributed by atoms with Crippen molar-refractivity contribution in [3.63, 3.8) is 0 Å². The van der Waals surface area contributed by atoms with Crippen LogP contribution in [0, 0.1) is 6.92 Å². The first-order valence-electron chi connectivity index (χ1n) is 5.93. The van der Waals surface area contributed by atoms with Crippen molar-refractivity contribution in [3.8, 4) is 5.88 Å². The normalized spacial score (nSPS) is 23.1. The summed E-state index contributed by atoms with van der Waals surface area (Å²) in [5, 5.41) is 3.29. The van der Waals surface area contributed by atoms with Gasteiger partial charge in [-0.05, 0) is 6.92 Å². The summed E-state index contributed by atoms with van der Waals surface area (Å²) in [6.45, 7) is 3.93. The van der Waals surface area contributed by atoms with Gasteiger partial charge in [0, 0.05) is 26.7 Å². The van der Waals surface area contributed by atoms with Crippen LogP contribution in [0.5, 0.6) is 5.88 Å². The zero-order chi connectivity index (χ0) is 13.0. The summed E-state index contributed by atoms with van der Waals surface area (Å²) in [6.07, 6.45) is 2.37. The van der Waals surface area contributed by atoms with Crippen LogP contribution >= 0.6 is 0 Å². The predicted molar refractivity (Wildman–Crippen MR) is 67.0 cm³/mol. The van der Waals surface area contributed by atoms with E-state index in [2.05, 4.69) is 15.3 Å². The number of anilines is 1. The maximum atomic E-state index is 5.55. The van der Waals surface area contributed by atoms with Crippen molar-refractivity contribution in [3.05, 3.63) is 11.9 Å². The molecule has 18 heavy (non-hydrogen) atoms. The minimum absolute atomic E-state index is 0.259. The molecule has 1 atom stereocenters. The molecule has 0 bridgehead atoms. The van der Waals surface area contributed by atoms with Crippen molar-refractivity contribution in [1.82, 2.24) is 9.97 Å². The van der Waals surface area contributed by atoms with E-state index in [1.165, 1.54) is 6.33 Å². The van der Waals surface area contributed by atoms with Crippen molar-refractivity contribution in [2.45, 2.75) is 18.9 Å². The summed E-state index contributed by atoms with van der Waals surface area (Å²) in [6, 6.07) is 0. The minimum Gasteiger partial charge on any atom is -0.481 e. The van der Waals surface area contributed by atoms with E-state index < -0.39 is 0 Å². The Labute approximate surface area is 107 Å². The van der Waals surface area contributed by atoms with Gasteiger partial charge in [-0.25, -0.2) is 9.97 Å². The van der Waals surface area contributed by atoms with E-state index in [1.807, 2.05) is 6.92 Å². The SMILES string of the molecule is COc1ncnc(NCC2(OC)CCOC2)c1C. The molecule has 1 unspecified atom stereocenters. The molecule has 0 aliphatic carbocycles. The fraction of sp³-hybridized carbons (Fsp3) is 0.667. The molecule has 1 aromatic heterocycles. The molecule has 6 nitrogen and oxygen atoms in total. The first kappa shape index (κ1) is 13.0. The van der Waals surface area contributed by atoms with Gasteiger partial charge in [-0.1, -0.05) is 0 Å². The Morgan fingerprint density at radius 1 is 1.44 bits per heavy atom. The third kappa shape index (κ3) is 2.54. The molecule has 1 saturated heterocycles. The van der Waals surface area contributed by atoms with Crippen LogP contribution in [0.15, 0.2) is 6.33 Å². The summed E-state index contributed by atoms with van der Waals surface area (Å²) in [4.78, 5) is 8.26. The Hall–Kier alpha value is -1.40. The quantitative estimate of drug-likeness (QED) is 0.845. The number of methoxy groups -OCH3 is 2. The largest absolute Gasteiger partial charge is 0.481 e. The molecule has 0 aromatic carbocycles. The van der Waals surface area contributed by atoms with Crippen molar-refractivity contribution in [1.29, 1.82) is 0 Å². The molecule has 2 rings (SSSR count). The molecule has 0 saturated carbocycles. The molecule has 1 aliphatic rings. The number of nitrogens with one attached hydrogen (secondary N) is 1. The van der Waals surface area contributed by atoms with E-state index in [-0.39, 0.29) is 5.60 Å². The van der Waals surface area contributed by atoms with Gasteiger partial charge in [0.1, 0.15) is 17.7 Å². The van der Waals surface area contributed by atoms with Crippen molar-refractivity contribution in [2.24, 2.45) is 0 Å². The van der Waals surface area contributed by atoms with Crippen LogP contribution in [0.1, 0.15) is 12.0 Å². The zero-order valence-electron chi connectivity index (χ0n) is 11.0. The van der Waals surface area contributed by atoms with E-state index in [0.717, 1.165) is 24.4 Å². The summed E-state index contributed by atoms with van der Waals surface area (Å²) in [7, 11) is 3.31. The summed E-state index contributed by atoms with van der Waals surface area (Å²) >= 11 is 0. The second kappa shape index (κ2) is 5.49. The van der Waals surface area contributed by atoms with Gasteiger partial charge in [0.05, 0.1) is 19.3 Å². The maximum Gasteiger partial charge on any atom is 0.221 e. The molecule has 1 N–H and O–H groups in total. The van der Waals surface area contributed by atoms with Gasteiger partial charge in [-0.15, -0.1) is 0 Å². The minimum atomic E-state index is -0.259. The van der Waals surface area contributed by atoms with Gasteiger partial charge in [-0.3, -0.25) is 0 Å². The second-order valence-electron chi connectivity index (χ2n) is 4.40. The second-order valence-corrected chi connectivity index (χ2v) is 4.40. The molecule has 1 aromatic rings. The monoisotopic (exact) mass is 253 g/mol. The standard InChI is InChI=1S/C12H19N3O3/c1-9-10(14-8-15-11(9)16-2)13-6-12(17-3)4-5-18-7-12/h8H,4-7H2,1-3H3,(H,13,14,15). The Kier molecular flexibility index (Phi) is 3.98. The lowest BCUT2D eigenvalue weighted by molar-refractivity contribution is -0.00626. The summed E-state index contributed by atoms with van der Waals surface area (Å²) in [5.74, 6) is 1.35. The van der Waals surface area contributed by atoms with Crippen molar-refractivity contribution in [2.75, 3.05) is 39.3 Å². The fourth-order valence-electron chi connectivity index (χ4n) is 2.02. The van der Waals surface area contributed by atoms with E-state index in [0.29, 0.717) is 19.0 Å². The first-order chi connectivity index (χ1) is 8.71. The van der Waals surface area contributed by atoms with E-state index in [9.17, 15) is 0 Å². The molecular formula is C12H19N3O3. The maximum absolute atomic E-state index is 5.55. The average Bonchev–Trinajstić information content (AvgIpc) is 2.87. The lowest BCUT2D eigenvalue weighted by atomic mass is 10.0. The van der Waals surface area contributed by atoms with Crippen LogP contribution in [-0.4, -0.2) is 49.5 Å². The number of hydrogen-bond donors (Lipinski definition) is 1. The Morgan fingerprint density at radius 3 is 2.89 bits per heavy atom. The van der Waals surface area contributed by atoms with E-state index in [1.54, 1.807) is 14.2 Å². The van der Waals surface area contributed by atoms with Gasteiger partial charge in [0.15, 0.2) is 0 Å². The molecule has 0 amide bonds. The van der Waals surface area contributed by atoms with Crippen LogP contribution in [0.25, 0.3) is 0 Å². The molecule has 2 heterocycles. The smallest absolute Gasteiger partial charge is 0.221 e. The average molecular weight is 253 g/mol. The number of hydrogen-bond acceptors (Lipinski definition) is 6. The predicted octanol–water partition coefficient (Wildman–Crippen LogP) is 1.01. The molecule has 100 valence electrons. The van der Waals surface area contributed by atoms with Gasteiger partial charge >= 0.3 is 0 Å². The third-order valence-electron chi connectivity index (χ3n) is 3.31. The zero-order valence-corrected chi connectivity index (χ0v) is 11.0. The number of ether oxygens (including phenoxy) is 3. The van der Waals surface area contributed by atoms with Crippen LogP contribution in [0.2, 0.25) is 0 Å². The van der Waals surface area contributed by atoms with Gasteiger partial charge in [0.25, 0.3) is 0 Å². The fourth-order valence-corrected chi connectivity index (χ4v) is 2.02. The third-order valence-corrected chi connectivity index (χ3v) is 3.31. The Morgan fingerprint density at radius 2 is 2.28 bits per heavy atom. The summed E-state index contributed by atoms with van der Waals surface area (Å²) in [5.41, 5.74) is 0.634. The van der Waals surface area contributed by atoms with Crippen LogP contribution < -0.4 is 10.1 Å².